The van der Waals surface area contributed by atoms with Crippen molar-refractivity contribution in [1.82, 2.24) is 9.66 Å². The molecule has 1 aromatic heterocycles. The molecule has 0 bridgehead atoms. The summed E-state index contributed by atoms with van der Waals surface area (Å²) in [6, 6.07) is 6.79. The maximum atomic E-state index is 12.4. The van der Waals surface area contributed by atoms with Crippen molar-refractivity contribution in [1.29, 1.82) is 0 Å². The molecular weight excluding hydrogens is 246 g/mol. The zero-order valence-electron chi connectivity index (χ0n) is 10.7. The second-order valence-electron chi connectivity index (χ2n) is 4.45. The molecule has 1 unspecified atom stereocenters. The molecule has 0 N–H and O–H groups in total. The molecule has 6 heteroatoms. The number of carbonyl (C=O) groups excluding carboxylic acids is 1. The number of aryl methyl sites for hydroxylation is 1. The van der Waals surface area contributed by atoms with Gasteiger partial charge < -0.3 is 4.74 Å². The van der Waals surface area contributed by atoms with Gasteiger partial charge in [0.25, 0.3) is 5.56 Å². The number of rotatable bonds is 2. The zero-order chi connectivity index (χ0) is 13.6. The summed E-state index contributed by atoms with van der Waals surface area (Å²) in [4.78, 5) is 28.2. The Morgan fingerprint density at radius 3 is 2.89 bits per heavy atom. The lowest BCUT2D eigenvalue weighted by molar-refractivity contribution is -0.139. The maximum absolute atomic E-state index is 12.4. The highest BCUT2D eigenvalue weighted by Crippen LogP contribution is 2.18. The lowest BCUT2D eigenvalue weighted by atomic mass is 10.2. The van der Waals surface area contributed by atoms with Gasteiger partial charge in [-0.15, -0.1) is 0 Å². The number of hydrogen-bond acceptors (Lipinski definition) is 5. The van der Waals surface area contributed by atoms with Crippen LogP contribution in [0.1, 0.15) is 5.82 Å². The number of hydrogen-bond donors (Lipinski definition) is 0. The first kappa shape index (κ1) is 11.7. The molecule has 3 rings (SSSR count). The summed E-state index contributed by atoms with van der Waals surface area (Å²) in [5, 5.41) is 2.20. The number of benzene rings is 1. The molecule has 1 atom stereocenters. The Hall–Kier alpha value is -2.37. The van der Waals surface area contributed by atoms with Crippen molar-refractivity contribution in [2.24, 2.45) is 0 Å². The Kier molecular flexibility index (Phi) is 2.51. The van der Waals surface area contributed by atoms with Crippen molar-refractivity contribution >= 4 is 16.9 Å². The molecule has 0 amide bonds. The van der Waals surface area contributed by atoms with Crippen LogP contribution in [-0.2, 0) is 9.53 Å². The molecule has 19 heavy (non-hydrogen) atoms. The summed E-state index contributed by atoms with van der Waals surface area (Å²) in [5.41, 5.74) is 0.507. The van der Waals surface area contributed by atoms with Gasteiger partial charge >= 0.3 is 5.97 Å². The molecule has 0 aliphatic carbocycles. The number of nitrogens with zero attached hydrogens (tertiary/aromatic N) is 3. The highest BCUT2D eigenvalue weighted by atomic mass is 16.5. The summed E-state index contributed by atoms with van der Waals surface area (Å²) < 4.78 is 6.13. The standard InChI is InChI=1S/C13H13N3O3/c1-8-14-10-6-4-3-5-9(10)12(17)16(8)15-7-11(15)13(18)19-2/h3-6,11H,7H2,1-2H3. The number of fused-ring (bicyclic) bond motifs is 1. The van der Waals surface area contributed by atoms with E-state index in [2.05, 4.69) is 9.72 Å². The van der Waals surface area contributed by atoms with E-state index in [1.165, 1.54) is 11.8 Å². The third-order valence-electron chi connectivity index (χ3n) is 3.23. The predicted molar refractivity (Wildman–Crippen MR) is 69.6 cm³/mol. The van der Waals surface area contributed by atoms with Crippen LogP contribution in [0.5, 0.6) is 0 Å². The van der Waals surface area contributed by atoms with E-state index in [0.717, 1.165) is 0 Å². The smallest absolute Gasteiger partial charge is 0.332 e. The first-order chi connectivity index (χ1) is 9.13. The van der Waals surface area contributed by atoms with Crippen molar-refractivity contribution < 1.29 is 9.53 Å². The van der Waals surface area contributed by atoms with Gasteiger partial charge in [0.2, 0.25) is 0 Å². The molecule has 0 spiro atoms. The van der Waals surface area contributed by atoms with Gasteiger partial charge in [-0.1, -0.05) is 12.1 Å². The van der Waals surface area contributed by atoms with Gasteiger partial charge in [-0.05, 0) is 19.1 Å². The van der Waals surface area contributed by atoms with Crippen LogP contribution in [0.4, 0.5) is 0 Å². The molecule has 6 nitrogen and oxygen atoms in total. The van der Waals surface area contributed by atoms with Gasteiger partial charge in [-0.2, -0.15) is 0 Å². The Morgan fingerprint density at radius 2 is 2.16 bits per heavy atom. The van der Waals surface area contributed by atoms with Crippen LogP contribution in [0.3, 0.4) is 0 Å². The van der Waals surface area contributed by atoms with E-state index in [1.54, 1.807) is 30.1 Å². The predicted octanol–water partition coefficient (Wildman–Crippen LogP) is 0.198. The van der Waals surface area contributed by atoms with E-state index in [1.807, 2.05) is 6.07 Å². The van der Waals surface area contributed by atoms with Crippen molar-refractivity contribution in [2.75, 3.05) is 18.7 Å². The number of esters is 1. The van der Waals surface area contributed by atoms with E-state index in [4.69, 9.17) is 0 Å². The molecule has 1 aliphatic heterocycles. The fourth-order valence-electron chi connectivity index (χ4n) is 2.22. The molecular formula is C13H13N3O3. The third-order valence-corrected chi connectivity index (χ3v) is 3.23. The molecule has 0 radical (unpaired) electrons. The second-order valence-corrected chi connectivity index (χ2v) is 4.45. The quantitative estimate of drug-likeness (QED) is 0.569. The topological polar surface area (TPSA) is 64.2 Å². The molecule has 1 saturated heterocycles. The Balaban J connectivity index is 2.11. The number of carbonyl (C=O) groups is 1. The summed E-state index contributed by atoms with van der Waals surface area (Å²) in [7, 11) is 1.34. The monoisotopic (exact) mass is 259 g/mol. The van der Waals surface area contributed by atoms with Crippen LogP contribution in [-0.4, -0.2) is 35.3 Å². The largest absolute Gasteiger partial charge is 0.467 e. The van der Waals surface area contributed by atoms with Crippen LogP contribution in [0.2, 0.25) is 0 Å². The number of methoxy groups -OCH3 is 1. The van der Waals surface area contributed by atoms with Crippen molar-refractivity contribution in [3.63, 3.8) is 0 Å². The number of para-hydroxylation sites is 1. The Labute approximate surface area is 109 Å². The van der Waals surface area contributed by atoms with Crippen LogP contribution in [0.25, 0.3) is 10.9 Å². The highest BCUT2D eigenvalue weighted by molar-refractivity contribution is 5.83. The van der Waals surface area contributed by atoms with Gasteiger partial charge in [0.15, 0.2) is 6.04 Å². The number of aromatic nitrogens is 2. The highest BCUT2D eigenvalue weighted by Gasteiger charge is 2.43. The molecule has 0 saturated carbocycles. The molecule has 1 aromatic carbocycles. The normalized spacial score (nSPS) is 17.6. The minimum Gasteiger partial charge on any atom is -0.467 e. The lowest BCUT2D eigenvalue weighted by Gasteiger charge is -2.12. The fourth-order valence-corrected chi connectivity index (χ4v) is 2.22. The summed E-state index contributed by atoms with van der Waals surface area (Å²) in [6.07, 6.45) is 0. The number of ether oxygens (including phenoxy) is 1. The Bertz CT molecular complexity index is 723. The van der Waals surface area contributed by atoms with Crippen LogP contribution in [0.15, 0.2) is 29.1 Å². The van der Waals surface area contributed by atoms with Gasteiger partial charge in [0.1, 0.15) is 5.82 Å². The minimum absolute atomic E-state index is 0.158. The molecule has 98 valence electrons. The van der Waals surface area contributed by atoms with Gasteiger partial charge in [0, 0.05) is 0 Å². The minimum atomic E-state index is -0.385. The Morgan fingerprint density at radius 1 is 1.42 bits per heavy atom. The maximum Gasteiger partial charge on any atom is 0.332 e. The van der Waals surface area contributed by atoms with E-state index >= 15 is 0 Å². The average molecular weight is 259 g/mol. The van der Waals surface area contributed by atoms with Crippen molar-refractivity contribution in [3.8, 4) is 0 Å². The van der Waals surface area contributed by atoms with Gasteiger partial charge in [0.05, 0.1) is 24.6 Å². The molecule has 2 aromatic rings. The van der Waals surface area contributed by atoms with Crippen LogP contribution >= 0.6 is 0 Å². The summed E-state index contributed by atoms with van der Waals surface area (Å²) in [6.45, 7) is 2.23. The summed E-state index contributed by atoms with van der Waals surface area (Å²) in [5.74, 6) is 0.231. The fraction of sp³-hybridized carbons (Fsp3) is 0.308. The van der Waals surface area contributed by atoms with Crippen molar-refractivity contribution in [2.45, 2.75) is 13.0 Å². The first-order valence-corrected chi connectivity index (χ1v) is 5.96. The van der Waals surface area contributed by atoms with E-state index < -0.39 is 0 Å². The van der Waals surface area contributed by atoms with E-state index in [-0.39, 0.29) is 17.6 Å². The van der Waals surface area contributed by atoms with E-state index in [9.17, 15) is 9.59 Å². The first-order valence-electron chi connectivity index (χ1n) is 5.96. The second kappa shape index (κ2) is 4.08. The third kappa shape index (κ3) is 1.76. The SMILES string of the molecule is COC(=O)C1CN1n1c(C)nc2ccccc2c1=O. The molecule has 2 heterocycles. The summed E-state index contributed by atoms with van der Waals surface area (Å²) >= 11 is 0. The van der Waals surface area contributed by atoms with E-state index in [0.29, 0.717) is 23.3 Å². The van der Waals surface area contributed by atoms with Gasteiger partial charge in [-0.3, -0.25) is 9.80 Å². The van der Waals surface area contributed by atoms with Crippen LogP contribution < -0.4 is 10.6 Å². The average Bonchev–Trinajstić information content (AvgIpc) is 3.18. The molecule has 1 fully saturated rings. The molecule has 1 aliphatic rings. The zero-order valence-corrected chi connectivity index (χ0v) is 10.7. The van der Waals surface area contributed by atoms with Gasteiger partial charge in [-0.25, -0.2) is 14.5 Å². The lowest BCUT2D eigenvalue weighted by Crippen LogP contribution is -2.34. The van der Waals surface area contributed by atoms with Crippen LogP contribution in [0, 0.1) is 6.92 Å². The van der Waals surface area contributed by atoms with Crippen molar-refractivity contribution in [3.05, 3.63) is 40.4 Å².